The number of rotatable bonds is 6. The van der Waals surface area contributed by atoms with E-state index in [0.29, 0.717) is 17.1 Å². The summed E-state index contributed by atoms with van der Waals surface area (Å²) in [5.41, 5.74) is 0.466. The minimum atomic E-state index is -0.772. The summed E-state index contributed by atoms with van der Waals surface area (Å²) in [6.07, 6.45) is 4.13. The van der Waals surface area contributed by atoms with Gasteiger partial charge in [0.05, 0.1) is 22.5 Å². The second-order valence-electron chi connectivity index (χ2n) is 7.51. The number of aliphatic hydroxyl groups excluding tert-OH is 1. The summed E-state index contributed by atoms with van der Waals surface area (Å²) in [7, 11) is 1.55. The smallest absolute Gasteiger partial charge is 0.247 e. The highest BCUT2D eigenvalue weighted by molar-refractivity contribution is 6.33. The average molecular weight is 420 g/mol. The number of halogens is 1. The third-order valence-corrected chi connectivity index (χ3v) is 6.11. The van der Waals surface area contributed by atoms with Gasteiger partial charge in [0.1, 0.15) is 6.04 Å². The molecule has 7 nitrogen and oxygen atoms in total. The summed E-state index contributed by atoms with van der Waals surface area (Å²) >= 11 is 6.17. The molecule has 1 aromatic carbocycles. The summed E-state index contributed by atoms with van der Waals surface area (Å²) in [5.74, 6) is -2.50. The number of carbonyl (C=O) groups excluding carboxylic acids is 3. The molecule has 1 saturated heterocycles. The van der Waals surface area contributed by atoms with Gasteiger partial charge in [-0.3, -0.25) is 14.4 Å². The van der Waals surface area contributed by atoms with Crippen LogP contribution in [0.25, 0.3) is 0 Å². The molecular formula is C21H26ClN3O4. The quantitative estimate of drug-likeness (QED) is 0.611. The van der Waals surface area contributed by atoms with E-state index in [-0.39, 0.29) is 36.8 Å². The van der Waals surface area contributed by atoms with E-state index in [1.54, 1.807) is 31.3 Å². The molecule has 2 aliphatic rings. The maximum atomic E-state index is 13.3. The second-order valence-corrected chi connectivity index (χ2v) is 7.92. The highest BCUT2D eigenvalue weighted by atomic mass is 35.5. The molecule has 0 bridgehead atoms. The number of anilines is 1. The van der Waals surface area contributed by atoms with Crippen LogP contribution in [-0.4, -0.2) is 54.0 Å². The Balaban J connectivity index is 1.95. The number of fused-ring (bicyclic) bond motifs is 1. The monoisotopic (exact) mass is 419 g/mol. The molecule has 1 fully saturated rings. The summed E-state index contributed by atoms with van der Waals surface area (Å²) < 4.78 is 0. The van der Waals surface area contributed by atoms with Crippen LogP contribution in [0.3, 0.4) is 0 Å². The number of allylic oxidation sites excluding steroid dienone is 1. The van der Waals surface area contributed by atoms with Gasteiger partial charge in [0.2, 0.25) is 17.7 Å². The first-order valence-electron chi connectivity index (χ1n) is 9.77. The molecule has 0 unspecified atom stereocenters. The van der Waals surface area contributed by atoms with E-state index in [1.807, 2.05) is 19.1 Å². The normalized spacial score (nSPS) is 28.2. The van der Waals surface area contributed by atoms with Crippen molar-refractivity contribution in [2.24, 2.45) is 23.7 Å². The van der Waals surface area contributed by atoms with Gasteiger partial charge in [0.15, 0.2) is 0 Å². The number of aliphatic hydroxyl groups is 1. The van der Waals surface area contributed by atoms with E-state index >= 15 is 0 Å². The summed E-state index contributed by atoms with van der Waals surface area (Å²) in [6.45, 7) is 2.05. The number of likely N-dealkylation sites (tertiary alicyclic amines) is 1. The Morgan fingerprint density at radius 3 is 2.59 bits per heavy atom. The zero-order chi connectivity index (χ0) is 21.1. The molecule has 3 rings (SSSR count). The number of nitrogens with zero attached hydrogens (tertiary/aromatic N) is 1. The summed E-state index contributed by atoms with van der Waals surface area (Å²) in [5, 5.41) is 15.1. The Bertz CT molecular complexity index is 828. The van der Waals surface area contributed by atoms with Crippen molar-refractivity contribution in [3.05, 3.63) is 41.4 Å². The number of nitrogens with one attached hydrogen (secondary N) is 2. The fourth-order valence-corrected chi connectivity index (χ4v) is 4.59. The van der Waals surface area contributed by atoms with Gasteiger partial charge in [-0.05, 0) is 24.5 Å². The zero-order valence-electron chi connectivity index (χ0n) is 16.5. The average Bonchev–Trinajstić information content (AvgIpc) is 2.99. The number of para-hydroxylation sites is 1. The fraction of sp³-hybridized carbons (Fsp3) is 0.476. The Morgan fingerprint density at radius 2 is 1.93 bits per heavy atom. The van der Waals surface area contributed by atoms with Gasteiger partial charge >= 0.3 is 0 Å². The van der Waals surface area contributed by atoms with Crippen LogP contribution < -0.4 is 10.6 Å². The minimum absolute atomic E-state index is 0.0942. The Hall–Kier alpha value is -2.38. The van der Waals surface area contributed by atoms with Crippen molar-refractivity contribution in [3.63, 3.8) is 0 Å². The second kappa shape index (κ2) is 8.97. The van der Waals surface area contributed by atoms with Gasteiger partial charge in [0, 0.05) is 26.1 Å². The van der Waals surface area contributed by atoms with Gasteiger partial charge in [-0.15, -0.1) is 0 Å². The SMILES string of the molecule is CNC(=O)[C@H]1[C@@H]2C(=O)N(CCCO)[C@H](C(=O)Nc3ccccc3Cl)[C@H]2C=C[C@H]1C. The van der Waals surface area contributed by atoms with Crippen molar-refractivity contribution in [1.29, 1.82) is 0 Å². The van der Waals surface area contributed by atoms with E-state index in [1.165, 1.54) is 4.90 Å². The molecule has 1 aromatic rings. The van der Waals surface area contributed by atoms with Gasteiger partial charge in [-0.25, -0.2) is 0 Å². The van der Waals surface area contributed by atoms with Crippen molar-refractivity contribution in [3.8, 4) is 0 Å². The molecular weight excluding hydrogens is 394 g/mol. The number of hydrogen-bond acceptors (Lipinski definition) is 4. The van der Waals surface area contributed by atoms with Crippen LogP contribution in [0.4, 0.5) is 5.69 Å². The van der Waals surface area contributed by atoms with Gasteiger partial charge in [0.25, 0.3) is 0 Å². The van der Waals surface area contributed by atoms with Crippen LogP contribution in [-0.2, 0) is 14.4 Å². The van der Waals surface area contributed by atoms with Crippen LogP contribution in [0.2, 0.25) is 5.02 Å². The highest BCUT2D eigenvalue weighted by Crippen LogP contribution is 2.44. The maximum absolute atomic E-state index is 13.3. The lowest BCUT2D eigenvalue weighted by atomic mass is 9.70. The highest BCUT2D eigenvalue weighted by Gasteiger charge is 2.56. The van der Waals surface area contributed by atoms with E-state index in [2.05, 4.69) is 10.6 Å². The van der Waals surface area contributed by atoms with Gasteiger partial charge in [-0.2, -0.15) is 0 Å². The lowest BCUT2D eigenvalue weighted by Crippen LogP contribution is -2.45. The van der Waals surface area contributed by atoms with E-state index in [4.69, 9.17) is 11.6 Å². The minimum Gasteiger partial charge on any atom is -0.396 e. The summed E-state index contributed by atoms with van der Waals surface area (Å²) in [6, 6.07) is 6.12. The number of carbonyl (C=O) groups is 3. The summed E-state index contributed by atoms with van der Waals surface area (Å²) in [4.78, 5) is 40.5. The molecule has 1 aliphatic heterocycles. The molecule has 1 heterocycles. The predicted octanol–water partition coefficient (Wildman–Crippen LogP) is 1.67. The first-order chi connectivity index (χ1) is 13.9. The van der Waals surface area contributed by atoms with Crippen molar-refractivity contribution in [2.45, 2.75) is 19.4 Å². The first kappa shape index (κ1) is 21.3. The third-order valence-electron chi connectivity index (χ3n) is 5.78. The predicted molar refractivity (Wildman–Crippen MR) is 110 cm³/mol. The van der Waals surface area contributed by atoms with E-state index in [0.717, 1.165) is 0 Å². The molecule has 29 heavy (non-hydrogen) atoms. The zero-order valence-corrected chi connectivity index (χ0v) is 17.2. The van der Waals surface area contributed by atoms with Gasteiger partial charge in [-0.1, -0.05) is 42.8 Å². The molecule has 0 radical (unpaired) electrons. The maximum Gasteiger partial charge on any atom is 0.247 e. The van der Waals surface area contributed by atoms with Crippen LogP contribution in [0.15, 0.2) is 36.4 Å². The van der Waals surface area contributed by atoms with Crippen LogP contribution >= 0.6 is 11.6 Å². The van der Waals surface area contributed by atoms with Gasteiger partial charge < -0.3 is 20.6 Å². The lowest BCUT2D eigenvalue weighted by Gasteiger charge is -2.32. The van der Waals surface area contributed by atoms with Crippen LogP contribution in [0.1, 0.15) is 13.3 Å². The fourth-order valence-electron chi connectivity index (χ4n) is 4.41. The van der Waals surface area contributed by atoms with Crippen LogP contribution in [0, 0.1) is 23.7 Å². The lowest BCUT2D eigenvalue weighted by molar-refractivity contribution is -0.140. The van der Waals surface area contributed by atoms with Crippen molar-refractivity contribution >= 4 is 35.0 Å². The van der Waals surface area contributed by atoms with E-state index < -0.39 is 23.8 Å². The molecule has 1 aliphatic carbocycles. The molecule has 0 aromatic heterocycles. The van der Waals surface area contributed by atoms with Crippen molar-refractivity contribution in [2.75, 3.05) is 25.5 Å². The Labute approximate surface area is 175 Å². The number of hydrogen-bond donors (Lipinski definition) is 3. The largest absolute Gasteiger partial charge is 0.396 e. The topological polar surface area (TPSA) is 98.7 Å². The number of amides is 3. The molecule has 0 spiro atoms. The van der Waals surface area contributed by atoms with E-state index in [9.17, 15) is 19.5 Å². The standard InChI is InChI=1S/C21H26ClN3O4/c1-12-8-9-13-17(16(12)19(27)23-2)21(29)25(10-5-11-26)18(13)20(28)24-15-7-4-3-6-14(15)22/h3-4,6-9,12-13,16-18,26H,5,10-11H2,1-2H3,(H,23,27)(H,24,28)/t12-,13+,16-,17-,18+/m1/s1. The van der Waals surface area contributed by atoms with Crippen LogP contribution in [0.5, 0.6) is 0 Å². The molecule has 3 N–H and O–H groups in total. The first-order valence-corrected chi connectivity index (χ1v) is 10.1. The molecule has 3 amide bonds. The molecule has 8 heteroatoms. The number of benzene rings is 1. The Morgan fingerprint density at radius 1 is 1.21 bits per heavy atom. The molecule has 156 valence electrons. The molecule has 0 saturated carbocycles. The Kier molecular flexibility index (Phi) is 6.59. The third kappa shape index (κ3) is 4.02. The van der Waals surface area contributed by atoms with Crippen molar-refractivity contribution in [1.82, 2.24) is 10.2 Å². The van der Waals surface area contributed by atoms with Crippen molar-refractivity contribution < 1.29 is 19.5 Å². The molecule has 5 atom stereocenters.